The molecule has 1 saturated carbocycles. The lowest BCUT2D eigenvalue weighted by Crippen LogP contribution is -2.53. The van der Waals surface area contributed by atoms with E-state index >= 15 is 0 Å². The van der Waals surface area contributed by atoms with Crippen molar-refractivity contribution in [1.29, 1.82) is 0 Å². The molecule has 2 heterocycles. The topological polar surface area (TPSA) is 38.5 Å². The summed E-state index contributed by atoms with van der Waals surface area (Å²) in [5, 5.41) is 0. The highest BCUT2D eigenvalue weighted by Gasteiger charge is 2.41. The molecule has 4 heteroatoms. The Morgan fingerprint density at radius 1 is 1.15 bits per heavy atom. The predicted molar refractivity (Wildman–Crippen MR) is 85.9 cm³/mol. The Morgan fingerprint density at radius 3 is 2.70 bits per heavy atom. The number of nitrogens with two attached hydrogens (primary N) is 1. The highest BCUT2D eigenvalue weighted by Crippen LogP contribution is 2.40. The second-order valence-electron chi connectivity index (χ2n) is 6.98. The van der Waals surface area contributed by atoms with Crippen LogP contribution in [0.2, 0.25) is 0 Å². The zero-order valence-corrected chi connectivity index (χ0v) is 13.3. The van der Waals surface area contributed by atoms with Gasteiger partial charge in [0, 0.05) is 25.1 Å². The van der Waals surface area contributed by atoms with Gasteiger partial charge >= 0.3 is 0 Å². The van der Waals surface area contributed by atoms with Gasteiger partial charge in [0.1, 0.15) is 0 Å². The molecular weight excluding hydrogens is 268 g/mol. The van der Waals surface area contributed by atoms with Crippen molar-refractivity contribution in [1.82, 2.24) is 4.90 Å². The Hall–Kier alpha value is -0.190. The summed E-state index contributed by atoms with van der Waals surface area (Å²) in [4.78, 5) is 3.38. The van der Waals surface area contributed by atoms with Crippen LogP contribution >= 0.6 is 12.2 Å². The van der Waals surface area contributed by atoms with Gasteiger partial charge in [0.05, 0.1) is 10.6 Å². The summed E-state index contributed by atoms with van der Waals surface area (Å²) in [6, 6.07) is 0.694. The van der Waals surface area contributed by atoms with Gasteiger partial charge in [-0.25, -0.2) is 0 Å². The van der Waals surface area contributed by atoms with Gasteiger partial charge in [-0.2, -0.15) is 0 Å². The first-order valence-electron chi connectivity index (χ1n) is 8.36. The quantitative estimate of drug-likeness (QED) is 0.795. The van der Waals surface area contributed by atoms with Gasteiger partial charge in [-0.05, 0) is 45.1 Å². The van der Waals surface area contributed by atoms with Crippen LogP contribution in [0.25, 0.3) is 0 Å². The molecule has 2 N–H and O–H groups in total. The molecule has 0 aromatic carbocycles. The summed E-state index contributed by atoms with van der Waals surface area (Å²) < 4.78 is 6.22. The lowest BCUT2D eigenvalue weighted by atomic mass is 9.77. The van der Waals surface area contributed by atoms with Crippen molar-refractivity contribution >= 4 is 17.2 Å². The van der Waals surface area contributed by atoms with E-state index in [9.17, 15) is 0 Å². The molecule has 1 spiro atoms. The van der Waals surface area contributed by atoms with E-state index in [1.54, 1.807) is 0 Å². The zero-order chi connectivity index (χ0) is 14.0. The fraction of sp³-hybridized carbons (Fsp3) is 0.938. The van der Waals surface area contributed by atoms with Crippen LogP contribution in [-0.2, 0) is 4.74 Å². The molecule has 3 aliphatic rings. The third-order valence-corrected chi connectivity index (χ3v) is 5.94. The standard InChI is InChI=1S/C16H28N2OS/c17-15(20)13-5-4-9-18(12-13)14-6-10-19-16(11-14)7-2-1-3-8-16/h13-14H,1-12H2,(H2,17,20). The van der Waals surface area contributed by atoms with E-state index in [4.69, 9.17) is 22.7 Å². The molecule has 3 nitrogen and oxygen atoms in total. The van der Waals surface area contributed by atoms with Gasteiger partial charge in [0.15, 0.2) is 0 Å². The number of nitrogens with zero attached hydrogens (tertiary/aromatic N) is 1. The Labute approximate surface area is 128 Å². The molecule has 114 valence electrons. The average Bonchev–Trinajstić information content (AvgIpc) is 2.48. The van der Waals surface area contributed by atoms with Crippen molar-refractivity contribution in [3.8, 4) is 0 Å². The van der Waals surface area contributed by atoms with Crippen molar-refractivity contribution in [2.24, 2.45) is 11.7 Å². The molecule has 0 bridgehead atoms. The highest BCUT2D eigenvalue weighted by molar-refractivity contribution is 7.80. The fourth-order valence-electron chi connectivity index (χ4n) is 4.43. The number of hydrogen-bond donors (Lipinski definition) is 1. The number of ether oxygens (including phenoxy) is 1. The Bertz CT molecular complexity index is 349. The van der Waals surface area contributed by atoms with E-state index in [2.05, 4.69) is 4.90 Å². The van der Waals surface area contributed by atoms with Gasteiger partial charge in [-0.15, -0.1) is 0 Å². The highest BCUT2D eigenvalue weighted by atomic mass is 32.1. The molecule has 2 aliphatic heterocycles. The molecule has 0 radical (unpaired) electrons. The lowest BCUT2D eigenvalue weighted by Gasteiger charge is -2.48. The third kappa shape index (κ3) is 3.18. The molecular formula is C16H28N2OS. The van der Waals surface area contributed by atoms with Crippen LogP contribution in [0.3, 0.4) is 0 Å². The first kappa shape index (κ1) is 14.7. The number of piperidine rings is 1. The molecule has 0 aromatic rings. The summed E-state index contributed by atoms with van der Waals surface area (Å²) >= 11 is 5.21. The van der Waals surface area contributed by atoms with E-state index in [0.29, 0.717) is 16.9 Å². The maximum atomic E-state index is 6.22. The van der Waals surface area contributed by atoms with E-state index < -0.39 is 0 Å². The Morgan fingerprint density at radius 2 is 1.95 bits per heavy atom. The molecule has 0 aromatic heterocycles. The summed E-state index contributed by atoms with van der Waals surface area (Å²) in [6.45, 7) is 3.24. The minimum absolute atomic E-state index is 0.206. The van der Waals surface area contributed by atoms with Gasteiger partial charge in [-0.1, -0.05) is 31.5 Å². The van der Waals surface area contributed by atoms with Gasteiger partial charge in [0.2, 0.25) is 0 Å². The molecule has 2 atom stereocenters. The van der Waals surface area contributed by atoms with Gasteiger partial charge < -0.3 is 10.5 Å². The predicted octanol–water partition coefficient (Wildman–Crippen LogP) is 2.87. The van der Waals surface area contributed by atoms with E-state index in [0.717, 1.165) is 13.2 Å². The summed E-state index contributed by atoms with van der Waals surface area (Å²) in [6.07, 6.45) is 11.5. The SMILES string of the molecule is NC(=S)C1CCCN(C2CCOC3(CCCCC3)C2)C1. The van der Waals surface area contributed by atoms with Crippen LogP contribution in [0.5, 0.6) is 0 Å². The molecule has 2 unspecified atom stereocenters. The van der Waals surface area contributed by atoms with Gasteiger partial charge in [0.25, 0.3) is 0 Å². The molecule has 3 fully saturated rings. The van der Waals surface area contributed by atoms with Crippen molar-refractivity contribution in [3.05, 3.63) is 0 Å². The van der Waals surface area contributed by atoms with Crippen molar-refractivity contribution in [2.45, 2.75) is 69.4 Å². The minimum atomic E-state index is 0.206. The van der Waals surface area contributed by atoms with Crippen LogP contribution in [0, 0.1) is 5.92 Å². The molecule has 1 aliphatic carbocycles. The van der Waals surface area contributed by atoms with Crippen molar-refractivity contribution in [2.75, 3.05) is 19.7 Å². The molecule has 2 saturated heterocycles. The zero-order valence-electron chi connectivity index (χ0n) is 12.5. The van der Waals surface area contributed by atoms with E-state index in [-0.39, 0.29) is 5.60 Å². The van der Waals surface area contributed by atoms with Crippen LogP contribution in [0.1, 0.15) is 57.8 Å². The third-order valence-electron chi connectivity index (χ3n) is 5.60. The Balaban J connectivity index is 1.62. The first-order chi connectivity index (χ1) is 9.69. The summed E-state index contributed by atoms with van der Waals surface area (Å²) in [7, 11) is 0. The van der Waals surface area contributed by atoms with Crippen LogP contribution in [-0.4, -0.2) is 41.2 Å². The van der Waals surface area contributed by atoms with E-state index in [1.807, 2.05) is 0 Å². The lowest BCUT2D eigenvalue weighted by molar-refractivity contribution is -0.126. The normalized spacial score (nSPS) is 35.0. The van der Waals surface area contributed by atoms with Crippen LogP contribution < -0.4 is 5.73 Å². The summed E-state index contributed by atoms with van der Waals surface area (Å²) in [5.41, 5.74) is 6.08. The molecule has 3 rings (SSSR count). The largest absolute Gasteiger partial charge is 0.393 e. The molecule has 0 amide bonds. The maximum absolute atomic E-state index is 6.22. The van der Waals surface area contributed by atoms with E-state index in [1.165, 1.54) is 64.3 Å². The van der Waals surface area contributed by atoms with Gasteiger partial charge in [-0.3, -0.25) is 4.90 Å². The monoisotopic (exact) mass is 296 g/mol. The van der Waals surface area contributed by atoms with Crippen molar-refractivity contribution < 1.29 is 4.74 Å². The van der Waals surface area contributed by atoms with Crippen LogP contribution in [0.15, 0.2) is 0 Å². The number of likely N-dealkylation sites (tertiary alicyclic amines) is 1. The van der Waals surface area contributed by atoms with Crippen molar-refractivity contribution in [3.63, 3.8) is 0 Å². The smallest absolute Gasteiger partial charge is 0.0771 e. The average molecular weight is 296 g/mol. The minimum Gasteiger partial charge on any atom is -0.393 e. The summed E-state index contributed by atoms with van der Waals surface area (Å²) in [5.74, 6) is 0.434. The maximum Gasteiger partial charge on any atom is 0.0771 e. The Kier molecular flexibility index (Phi) is 4.63. The second-order valence-corrected chi connectivity index (χ2v) is 7.45. The first-order valence-corrected chi connectivity index (χ1v) is 8.77. The van der Waals surface area contributed by atoms with Crippen LogP contribution in [0.4, 0.5) is 0 Å². The second kappa shape index (κ2) is 6.29. The number of rotatable bonds is 2. The fourth-order valence-corrected chi connectivity index (χ4v) is 4.62. The number of hydrogen-bond acceptors (Lipinski definition) is 3. The molecule has 20 heavy (non-hydrogen) atoms. The number of thiocarbonyl (C=S) groups is 1.